The predicted molar refractivity (Wildman–Crippen MR) is 92.6 cm³/mol. The van der Waals surface area contributed by atoms with E-state index in [1.807, 2.05) is 0 Å². The van der Waals surface area contributed by atoms with E-state index in [0.29, 0.717) is 28.3 Å². The van der Waals surface area contributed by atoms with Crippen molar-refractivity contribution in [3.05, 3.63) is 35.7 Å². The van der Waals surface area contributed by atoms with Crippen molar-refractivity contribution in [1.29, 1.82) is 0 Å². The lowest BCUT2D eigenvalue weighted by molar-refractivity contribution is -0.113. The van der Waals surface area contributed by atoms with Crippen molar-refractivity contribution < 1.29 is 18.7 Å². The summed E-state index contributed by atoms with van der Waals surface area (Å²) >= 11 is 1.20. The molecule has 1 heterocycles. The summed E-state index contributed by atoms with van der Waals surface area (Å²) in [4.78, 5) is 23.8. The molecule has 1 aromatic carbocycles. The Bertz CT molecular complexity index is 754. The Labute approximate surface area is 149 Å². The molecule has 0 saturated heterocycles. The first-order valence-electron chi connectivity index (χ1n) is 8.08. The van der Waals surface area contributed by atoms with Gasteiger partial charge >= 0.3 is 5.97 Å². The number of amides is 1. The molecule has 3 rings (SSSR count). The van der Waals surface area contributed by atoms with Gasteiger partial charge in [-0.15, -0.1) is 10.2 Å². The molecule has 132 valence electrons. The molecule has 0 bridgehead atoms. The molecule has 25 heavy (non-hydrogen) atoms. The zero-order valence-electron chi connectivity index (χ0n) is 14.0. The molecule has 0 atom stereocenters. The van der Waals surface area contributed by atoms with Gasteiger partial charge in [0.15, 0.2) is 0 Å². The monoisotopic (exact) mass is 361 g/mol. The number of benzene rings is 1. The Morgan fingerprint density at radius 2 is 2.00 bits per heavy atom. The zero-order valence-corrected chi connectivity index (χ0v) is 14.8. The Balaban J connectivity index is 1.47. The first-order chi connectivity index (χ1) is 12.0. The third-order valence-corrected chi connectivity index (χ3v) is 4.24. The molecule has 0 aliphatic heterocycles. The van der Waals surface area contributed by atoms with Crippen molar-refractivity contribution >= 4 is 29.3 Å². The first kappa shape index (κ1) is 17.5. The van der Waals surface area contributed by atoms with Crippen LogP contribution in [0.5, 0.6) is 0 Å². The fourth-order valence-corrected chi connectivity index (χ4v) is 2.64. The molecule has 0 radical (unpaired) electrons. The van der Waals surface area contributed by atoms with Crippen LogP contribution in [-0.4, -0.2) is 33.9 Å². The van der Waals surface area contributed by atoms with E-state index >= 15 is 0 Å². The molecule has 2 aromatic rings. The van der Waals surface area contributed by atoms with Crippen LogP contribution >= 0.6 is 11.8 Å². The minimum atomic E-state index is -0.383. The van der Waals surface area contributed by atoms with Gasteiger partial charge in [0, 0.05) is 11.6 Å². The molecule has 1 saturated carbocycles. The van der Waals surface area contributed by atoms with Gasteiger partial charge in [0.25, 0.3) is 5.22 Å². The van der Waals surface area contributed by atoms with Crippen LogP contribution in [0.1, 0.15) is 48.9 Å². The molecule has 1 amide bonds. The Kier molecular flexibility index (Phi) is 5.37. The summed E-state index contributed by atoms with van der Waals surface area (Å²) in [6, 6.07) is 6.57. The lowest BCUT2D eigenvalue weighted by atomic mass is 10.2. The third kappa shape index (κ3) is 5.06. The van der Waals surface area contributed by atoms with Gasteiger partial charge in [0.05, 0.1) is 17.4 Å². The smallest absolute Gasteiger partial charge is 0.338 e. The van der Waals surface area contributed by atoms with Crippen LogP contribution in [0.3, 0.4) is 0 Å². The Morgan fingerprint density at radius 3 is 2.64 bits per heavy atom. The number of aromatic nitrogens is 2. The van der Waals surface area contributed by atoms with Crippen molar-refractivity contribution in [2.45, 2.75) is 43.9 Å². The number of rotatable bonds is 7. The van der Waals surface area contributed by atoms with Crippen molar-refractivity contribution in [3.8, 4) is 0 Å². The van der Waals surface area contributed by atoms with E-state index in [-0.39, 0.29) is 23.7 Å². The summed E-state index contributed by atoms with van der Waals surface area (Å²) in [7, 11) is 0. The van der Waals surface area contributed by atoms with E-state index in [4.69, 9.17) is 9.15 Å². The van der Waals surface area contributed by atoms with Gasteiger partial charge in [-0.3, -0.25) is 4.79 Å². The molecule has 1 aromatic heterocycles. The Morgan fingerprint density at radius 1 is 1.28 bits per heavy atom. The van der Waals surface area contributed by atoms with Gasteiger partial charge in [-0.2, -0.15) is 0 Å². The predicted octanol–water partition coefficient (Wildman–Crippen LogP) is 3.24. The van der Waals surface area contributed by atoms with Gasteiger partial charge < -0.3 is 14.5 Å². The number of hydrogen-bond donors (Lipinski definition) is 1. The van der Waals surface area contributed by atoms with Crippen LogP contribution in [0.4, 0.5) is 5.69 Å². The average Bonchev–Trinajstić information content (AvgIpc) is 3.31. The number of anilines is 1. The molecule has 1 fully saturated rings. The molecular formula is C17H19N3O4S. The molecule has 1 N–H and O–H groups in total. The van der Waals surface area contributed by atoms with Crippen LogP contribution in [0, 0.1) is 0 Å². The number of carbonyl (C=O) groups is 2. The average molecular weight is 361 g/mol. The molecular weight excluding hydrogens is 342 g/mol. The number of thioether (sulfide) groups is 1. The molecule has 0 unspecified atom stereocenters. The summed E-state index contributed by atoms with van der Waals surface area (Å²) < 4.78 is 10.6. The molecule has 7 nitrogen and oxygen atoms in total. The summed E-state index contributed by atoms with van der Waals surface area (Å²) in [5.74, 6) is 0.659. The number of hydrogen-bond acceptors (Lipinski definition) is 7. The minimum absolute atomic E-state index is 0.170. The largest absolute Gasteiger partial charge is 0.459 e. The normalized spacial score (nSPS) is 13.7. The highest BCUT2D eigenvalue weighted by Gasteiger charge is 2.29. The van der Waals surface area contributed by atoms with Gasteiger partial charge in [-0.05, 0) is 51.0 Å². The number of nitrogens with zero attached hydrogens (tertiary/aromatic N) is 2. The molecule has 1 aliphatic rings. The van der Waals surface area contributed by atoms with E-state index in [1.54, 1.807) is 38.1 Å². The number of carbonyl (C=O) groups excluding carboxylic acids is 2. The molecule has 1 aliphatic carbocycles. The SMILES string of the molecule is CC(C)OC(=O)c1ccc(NC(=O)CSc2nnc(C3CC3)o2)cc1. The molecule has 8 heteroatoms. The Hall–Kier alpha value is -2.35. The van der Waals surface area contributed by atoms with Crippen molar-refractivity contribution in [3.63, 3.8) is 0 Å². The number of nitrogens with one attached hydrogen (secondary N) is 1. The second-order valence-corrected chi connectivity index (χ2v) is 6.98. The van der Waals surface area contributed by atoms with Crippen LogP contribution in [0.15, 0.2) is 33.9 Å². The van der Waals surface area contributed by atoms with Gasteiger partial charge in [-0.1, -0.05) is 11.8 Å². The summed E-state index contributed by atoms with van der Waals surface area (Å²) in [6.07, 6.45) is 2.01. The lowest BCUT2D eigenvalue weighted by Gasteiger charge is -2.08. The minimum Gasteiger partial charge on any atom is -0.459 e. The van der Waals surface area contributed by atoms with E-state index in [9.17, 15) is 9.59 Å². The maximum atomic E-state index is 12.0. The topological polar surface area (TPSA) is 94.3 Å². The van der Waals surface area contributed by atoms with Crippen LogP contribution in [-0.2, 0) is 9.53 Å². The van der Waals surface area contributed by atoms with Crippen LogP contribution in [0.25, 0.3) is 0 Å². The number of esters is 1. The maximum absolute atomic E-state index is 12.0. The second-order valence-electron chi connectivity index (χ2n) is 6.05. The van der Waals surface area contributed by atoms with E-state index in [1.165, 1.54) is 11.8 Å². The summed E-state index contributed by atoms with van der Waals surface area (Å²) in [6.45, 7) is 3.59. The maximum Gasteiger partial charge on any atom is 0.338 e. The standard InChI is InChI=1S/C17H19N3O4S/c1-10(2)23-16(22)12-5-7-13(8-6-12)18-14(21)9-25-17-20-19-15(24-17)11-3-4-11/h5-8,10-11H,3-4,9H2,1-2H3,(H,18,21). The highest BCUT2D eigenvalue weighted by Crippen LogP contribution is 2.39. The van der Waals surface area contributed by atoms with Crippen molar-refractivity contribution in [1.82, 2.24) is 10.2 Å². The van der Waals surface area contributed by atoms with E-state index in [0.717, 1.165) is 12.8 Å². The quantitative estimate of drug-likeness (QED) is 0.597. The summed E-state index contributed by atoms with van der Waals surface area (Å²) in [5, 5.41) is 11.1. The highest BCUT2D eigenvalue weighted by atomic mass is 32.2. The lowest BCUT2D eigenvalue weighted by Crippen LogP contribution is -2.14. The number of ether oxygens (including phenoxy) is 1. The van der Waals surface area contributed by atoms with Gasteiger partial charge in [0.2, 0.25) is 11.8 Å². The van der Waals surface area contributed by atoms with Crippen molar-refractivity contribution in [2.24, 2.45) is 0 Å². The van der Waals surface area contributed by atoms with Crippen molar-refractivity contribution in [2.75, 3.05) is 11.1 Å². The van der Waals surface area contributed by atoms with Gasteiger partial charge in [0.1, 0.15) is 0 Å². The fourth-order valence-electron chi connectivity index (χ4n) is 2.07. The van der Waals surface area contributed by atoms with Crippen LogP contribution < -0.4 is 5.32 Å². The van der Waals surface area contributed by atoms with E-state index < -0.39 is 0 Å². The van der Waals surface area contributed by atoms with E-state index in [2.05, 4.69) is 15.5 Å². The highest BCUT2D eigenvalue weighted by molar-refractivity contribution is 7.99. The first-order valence-corrected chi connectivity index (χ1v) is 9.07. The summed E-state index contributed by atoms with van der Waals surface area (Å²) in [5.41, 5.74) is 1.05. The third-order valence-electron chi connectivity index (χ3n) is 3.42. The second kappa shape index (κ2) is 7.69. The van der Waals surface area contributed by atoms with Crippen LogP contribution in [0.2, 0.25) is 0 Å². The molecule has 0 spiro atoms. The fraction of sp³-hybridized carbons (Fsp3) is 0.412. The van der Waals surface area contributed by atoms with Gasteiger partial charge in [-0.25, -0.2) is 4.79 Å². The zero-order chi connectivity index (χ0) is 17.8.